The van der Waals surface area contributed by atoms with Gasteiger partial charge in [0.15, 0.2) is 0 Å². The Morgan fingerprint density at radius 1 is 1.28 bits per heavy atom. The van der Waals surface area contributed by atoms with Gasteiger partial charge in [-0.2, -0.15) is 0 Å². The molecule has 1 aromatic carbocycles. The summed E-state index contributed by atoms with van der Waals surface area (Å²) < 4.78 is 5.22. The molecule has 0 aliphatic heterocycles. The molecule has 2 N–H and O–H groups in total. The van der Waals surface area contributed by atoms with Gasteiger partial charge in [0.25, 0.3) is 0 Å². The van der Waals surface area contributed by atoms with Crippen LogP contribution in [0.25, 0.3) is 0 Å². The Morgan fingerprint density at radius 3 is 2.50 bits per heavy atom. The average Bonchev–Trinajstić information content (AvgIpc) is 2.37. The van der Waals surface area contributed by atoms with Gasteiger partial charge in [0.05, 0.1) is 13.0 Å². The van der Waals surface area contributed by atoms with Crippen molar-refractivity contribution in [1.29, 1.82) is 0 Å². The van der Waals surface area contributed by atoms with E-state index in [0.717, 1.165) is 18.7 Å². The minimum atomic E-state index is 0.0927. The van der Waals surface area contributed by atoms with E-state index in [1.54, 1.807) is 4.90 Å². The maximum atomic E-state index is 12.1. The summed E-state index contributed by atoms with van der Waals surface area (Å²) in [5.41, 5.74) is 7.25. The molecule has 4 heteroatoms. The molecular weight excluding hydrogens is 228 g/mol. The first kappa shape index (κ1) is 14.5. The van der Waals surface area contributed by atoms with Crippen molar-refractivity contribution < 1.29 is 9.53 Å². The number of carbonyl (C=O) groups excluding carboxylic acids is 1. The fraction of sp³-hybridized carbons (Fsp3) is 0.500. The highest BCUT2D eigenvalue weighted by atomic mass is 16.5. The van der Waals surface area contributed by atoms with Crippen LogP contribution in [0.3, 0.4) is 0 Å². The number of anilines is 2. The molecule has 1 amide bonds. The Morgan fingerprint density at radius 2 is 1.94 bits per heavy atom. The number of hydrogen-bond donors (Lipinski definition) is 1. The van der Waals surface area contributed by atoms with Gasteiger partial charge >= 0.3 is 0 Å². The third kappa shape index (κ3) is 4.37. The zero-order valence-electron chi connectivity index (χ0n) is 11.2. The molecule has 0 aromatic heterocycles. The van der Waals surface area contributed by atoms with Crippen molar-refractivity contribution in [2.75, 3.05) is 30.4 Å². The summed E-state index contributed by atoms with van der Waals surface area (Å²) in [6.45, 7) is 5.82. The summed E-state index contributed by atoms with van der Waals surface area (Å²) in [6, 6.07) is 7.38. The molecule has 0 saturated carbocycles. The first-order valence-electron chi connectivity index (χ1n) is 6.42. The Kier molecular flexibility index (Phi) is 6.22. The maximum Gasteiger partial charge on any atom is 0.229 e. The summed E-state index contributed by atoms with van der Waals surface area (Å²) >= 11 is 0. The molecule has 0 radical (unpaired) electrons. The molecule has 1 aromatic rings. The topological polar surface area (TPSA) is 55.6 Å². The van der Waals surface area contributed by atoms with Gasteiger partial charge in [0, 0.05) is 24.5 Å². The number of hydrogen-bond acceptors (Lipinski definition) is 3. The lowest BCUT2D eigenvalue weighted by molar-refractivity contribution is -0.119. The number of nitrogens with zero attached hydrogens (tertiary/aromatic N) is 1. The fourth-order valence-electron chi connectivity index (χ4n) is 1.71. The number of rotatable bonds is 7. The van der Waals surface area contributed by atoms with E-state index in [0.29, 0.717) is 25.3 Å². The van der Waals surface area contributed by atoms with Crippen molar-refractivity contribution in [2.24, 2.45) is 0 Å². The summed E-state index contributed by atoms with van der Waals surface area (Å²) in [6.07, 6.45) is 1.34. The summed E-state index contributed by atoms with van der Waals surface area (Å²) in [7, 11) is 0. The van der Waals surface area contributed by atoms with Gasteiger partial charge in [0.2, 0.25) is 5.91 Å². The lowest BCUT2D eigenvalue weighted by atomic mass is 10.2. The Hall–Kier alpha value is -1.55. The molecule has 0 bridgehead atoms. The van der Waals surface area contributed by atoms with Crippen LogP contribution in [0.4, 0.5) is 11.4 Å². The SMILES string of the molecule is CCCN(C(=O)CCOCC)c1ccc(N)cc1. The van der Waals surface area contributed by atoms with Gasteiger partial charge in [-0.25, -0.2) is 0 Å². The first-order valence-corrected chi connectivity index (χ1v) is 6.42. The fourth-order valence-corrected chi connectivity index (χ4v) is 1.71. The molecule has 0 heterocycles. The second-order valence-electron chi connectivity index (χ2n) is 4.08. The molecule has 4 nitrogen and oxygen atoms in total. The third-order valence-corrected chi connectivity index (χ3v) is 2.62. The van der Waals surface area contributed by atoms with E-state index in [1.165, 1.54) is 0 Å². The van der Waals surface area contributed by atoms with E-state index < -0.39 is 0 Å². The first-order chi connectivity index (χ1) is 8.69. The molecule has 0 unspecified atom stereocenters. The van der Waals surface area contributed by atoms with E-state index in [-0.39, 0.29) is 5.91 Å². The highest BCUT2D eigenvalue weighted by Gasteiger charge is 2.14. The lowest BCUT2D eigenvalue weighted by Gasteiger charge is -2.22. The minimum Gasteiger partial charge on any atom is -0.399 e. The van der Waals surface area contributed by atoms with E-state index in [2.05, 4.69) is 6.92 Å². The largest absolute Gasteiger partial charge is 0.399 e. The number of nitrogen functional groups attached to an aromatic ring is 1. The van der Waals surface area contributed by atoms with E-state index in [4.69, 9.17) is 10.5 Å². The van der Waals surface area contributed by atoms with Crippen LogP contribution < -0.4 is 10.6 Å². The van der Waals surface area contributed by atoms with Crippen molar-refractivity contribution in [3.63, 3.8) is 0 Å². The summed E-state index contributed by atoms with van der Waals surface area (Å²) in [4.78, 5) is 13.9. The quantitative estimate of drug-likeness (QED) is 0.597. The Labute approximate surface area is 109 Å². The second-order valence-corrected chi connectivity index (χ2v) is 4.08. The van der Waals surface area contributed by atoms with E-state index >= 15 is 0 Å². The minimum absolute atomic E-state index is 0.0927. The summed E-state index contributed by atoms with van der Waals surface area (Å²) in [5.74, 6) is 0.0927. The van der Waals surface area contributed by atoms with Crippen molar-refractivity contribution in [3.8, 4) is 0 Å². The number of carbonyl (C=O) groups is 1. The van der Waals surface area contributed by atoms with Gasteiger partial charge < -0.3 is 15.4 Å². The molecule has 0 spiro atoms. The van der Waals surface area contributed by atoms with Gasteiger partial charge in [-0.3, -0.25) is 4.79 Å². The number of amides is 1. The molecule has 1 rings (SSSR count). The smallest absolute Gasteiger partial charge is 0.229 e. The van der Waals surface area contributed by atoms with Crippen molar-refractivity contribution in [2.45, 2.75) is 26.7 Å². The van der Waals surface area contributed by atoms with Crippen LogP contribution in [0, 0.1) is 0 Å². The predicted molar refractivity (Wildman–Crippen MR) is 74.6 cm³/mol. The van der Waals surface area contributed by atoms with Gasteiger partial charge in [-0.15, -0.1) is 0 Å². The summed E-state index contributed by atoms with van der Waals surface area (Å²) in [5, 5.41) is 0. The highest BCUT2D eigenvalue weighted by Crippen LogP contribution is 2.17. The van der Waals surface area contributed by atoms with Crippen LogP contribution in [0.2, 0.25) is 0 Å². The number of ether oxygens (including phenoxy) is 1. The molecule has 0 saturated heterocycles. The predicted octanol–water partition coefficient (Wildman–Crippen LogP) is 2.44. The van der Waals surface area contributed by atoms with Crippen LogP contribution >= 0.6 is 0 Å². The zero-order chi connectivity index (χ0) is 13.4. The lowest BCUT2D eigenvalue weighted by Crippen LogP contribution is -2.32. The van der Waals surface area contributed by atoms with Gasteiger partial charge in [0.1, 0.15) is 0 Å². The molecule has 0 aliphatic rings. The normalized spacial score (nSPS) is 10.3. The molecule has 0 aliphatic carbocycles. The van der Waals surface area contributed by atoms with Crippen molar-refractivity contribution in [3.05, 3.63) is 24.3 Å². The van der Waals surface area contributed by atoms with Crippen molar-refractivity contribution >= 4 is 17.3 Å². The Balaban J connectivity index is 2.69. The van der Waals surface area contributed by atoms with Crippen LogP contribution in [0.5, 0.6) is 0 Å². The zero-order valence-corrected chi connectivity index (χ0v) is 11.2. The van der Waals surface area contributed by atoms with E-state index in [1.807, 2.05) is 31.2 Å². The monoisotopic (exact) mass is 250 g/mol. The highest BCUT2D eigenvalue weighted by molar-refractivity contribution is 5.93. The van der Waals surface area contributed by atoms with Crippen LogP contribution in [-0.2, 0) is 9.53 Å². The standard InChI is InChI=1S/C14H22N2O2/c1-3-10-16(14(17)9-11-18-4-2)13-7-5-12(15)6-8-13/h5-8H,3-4,9-11,15H2,1-2H3. The molecular formula is C14H22N2O2. The molecule has 0 atom stereocenters. The maximum absolute atomic E-state index is 12.1. The van der Waals surface area contributed by atoms with Crippen LogP contribution in [0.15, 0.2) is 24.3 Å². The van der Waals surface area contributed by atoms with Crippen LogP contribution in [0.1, 0.15) is 26.7 Å². The van der Waals surface area contributed by atoms with Crippen LogP contribution in [-0.4, -0.2) is 25.7 Å². The third-order valence-electron chi connectivity index (χ3n) is 2.62. The van der Waals surface area contributed by atoms with Gasteiger partial charge in [-0.1, -0.05) is 6.92 Å². The molecule has 18 heavy (non-hydrogen) atoms. The van der Waals surface area contributed by atoms with E-state index in [9.17, 15) is 4.79 Å². The number of benzene rings is 1. The Bertz CT molecular complexity index is 363. The second kappa shape index (κ2) is 7.71. The van der Waals surface area contributed by atoms with Gasteiger partial charge in [-0.05, 0) is 37.6 Å². The van der Waals surface area contributed by atoms with Crippen molar-refractivity contribution in [1.82, 2.24) is 0 Å². The molecule has 0 fully saturated rings. The number of nitrogens with two attached hydrogens (primary N) is 1. The average molecular weight is 250 g/mol. The molecule has 100 valence electrons.